The van der Waals surface area contributed by atoms with Gasteiger partial charge in [-0.2, -0.15) is 4.98 Å². The number of hydrogen-bond donors (Lipinski definition) is 2. The lowest BCUT2D eigenvalue weighted by Crippen LogP contribution is -2.25. The lowest BCUT2D eigenvalue weighted by molar-refractivity contribution is 0.187. The third-order valence-corrected chi connectivity index (χ3v) is 6.44. The van der Waals surface area contributed by atoms with Crippen LogP contribution in [0.25, 0.3) is 22.2 Å². The summed E-state index contributed by atoms with van der Waals surface area (Å²) in [5, 5.41) is 0.500. The molecule has 3 N–H and O–H groups in total. The zero-order valence-electron chi connectivity index (χ0n) is 18.5. The minimum absolute atomic E-state index is 0.00566. The molecule has 4 aromatic rings. The summed E-state index contributed by atoms with van der Waals surface area (Å²) in [6.07, 6.45) is 1.45. The van der Waals surface area contributed by atoms with Crippen LogP contribution in [0.3, 0.4) is 0 Å². The van der Waals surface area contributed by atoms with Crippen LogP contribution < -0.4 is 16.0 Å². The average Bonchev–Trinajstić information content (AvgIpc) is 2.81. The molecule has 2 aromatic carbocycles. The van der Waals surface area contributed by atoms with Crippen molar-refractivity contribution in [1.29, 1.82) is 0 Å². The number of rotatable bonds is 8. The van der Waals surface area contributed by atoms with Gasteiger partial charge in [0, 0.05) is 29.8 Å². The van der Waals surface area contributed by atoms with Gasteiger partial charge in [-0.3, -0.25) is 14.1 Å². The van der Waals surface area contributed by atoms with E-state index in [1.165, 1.54) is 54.3 Å². The van der Waals surface area contributed by atoms with Crippen molar-refractivity contribution in [2.45, 2.75) is 12.3 Å². The van der Waals surface area contributed by atoms with Gasteiger partial charge in [0.05, 0.1) is 24.6 Å². The molecule has 0 saturated carbocycles. The Labute approximate surface area is 199 Å². The van der Waals surface area contributed by atoms with Gasteiger partial charge in [0.1, 0.15) is 17.3 Å². The number of nitrogens with one attached hydrogen (secondary N) is 1. The van der Waals surface area contributed by atoms with E-state index in [1.807, 2.05) is 0 Å². The Kier molecular flexibility index (Phi) is 6.76. The van der Waals surface area contributed by atoms with Crippen LogP contribution in [0.2, 0.25) is 0 Å². The number of nitrogen functional groups attached to an aromatic ring is 1. The Hall–Kier alpha value is -3.90. The van der Waals surface area contributed by atoms with Crippen molar-refractivity contribution in [2.24, 2.45) is 0 Å². The second kappa shape index (κ2) is 9.76. The van der Waals surface area contributed by atoms with Crippen LogP contribution in [-0.2, 0) is 27.1 Å². The van der Waals surface area contributed by atoms with Gasteiger partial charge in [-0.05, 0) is 29.8 Å². The van der Waals surface area contributed by atoms with Crippen LogP contribution >= 0.6 is 0 Å². The normalized spacial score (nSPS) is 11.6. The molecule has 2 heterocycles. The highest BCUT2D eigenvalue weighted by Gasteiger charge is 2.18. The monoisotopic (exact) mass is 501 g/mol. The number of halogens is 2. The number of nitrogens with zero attached hydrogens (tertiary/aromatic N) is 3. The Morgan fingerprint density at radius 3 is 2.60 bits per heavy atom. The SMILES string of the molecule is COCCn1c(=O)c(-c2ccc(NS(=O)(=O)Cc3ccccc3F)c(F)c2)cc2cnc(N)nc21. The van der Waals surface area contributed by atoms with Crippen molar-refractivity contribution in [1.82, 2.24) is 14.5 Å². The molecular weight excluding hydrogens is 480 g/mol. The number of methoxy groups -OCH3 is 1. The van der Waals surface area contributed by atoms with Gasteiger partial charge in [0.15, 0.2) is 0 Å². The van der Waals surface area contributed by atoms with E-state index in [0.717, 1.165) is 12.1 Å². The van der Waals surface area contributed by atoms with Gasteiger partial charge in [0.25, 0.3) is 5.56 Å². The number of pyridine rings is 1. The van der Waals surface area contributed by atoms with Crippen LogP contribution in [0.5, 0.6) is 0 Å². The van der Waals surface area contributed by atoms with Gasteiger partial charge in [-0.25, -0.2) is 22.2 Å². The summed E-state index contributed by atoms with van der Waals surface area (Å²) < 4.78 is 62.2. The fourth-order valence-electron chi connectivity index (χ4n) is 3.56. The standard InChI is InChI=1S/C23H21F2N5O4S/c1-34-9-8-30-21-16(12-27-23(26)28-21)10-17(22(30)31)14-6-7-20(19(25)11-14)29-35(32,33)13-15-4-2-3-5-18(15)24/h2-7,10-12,29H,8-9,13H2,1H3,(H2,26,27,28). The van der Waals surface area contributed by atoms with E-state index >= 15 is 0 Å². The van der Waals surface area contributed by atoms with E-state index in [0.29, 0.717) is 11.0 Å². The number of nitrogens with two attached hydrogens (primary N) is 1. The first-order valence-corrected chi connectivity index (χ1v) is 12.0. The van der Waals surface area contributed by atoms with E-state index in [9.17, 15) is 22.0 Å². The van der Waals surface area contributed by atoms with Crippen molar-refractivity contribution >= 4 is 32.7 Å². The number of ether oxygens (including phenoxy) is 1. The highest BCUT2D eigenvalue weighted by atomic mass is 32.2. The molecule has 0 spiro atoms. The molecular formula is C23H21F2N5O4S. The van der Waals surface area contributed by atoms with E-state index in [2.05, 4.69) is 14.7 Å². The lowest BCUT2D eigenvalue weighted by atomic mass is 10.1. The lowest BCUT2D eigenvalue weighted by Gasteiger charge is -2.13. The van der Waals surface area contributed by atoms with E-state index in [1.54, 1.807) is 0 Å². The summed E-state index contributed by atoms with van der Waals surface area (Å²) in [5.74, 6) is -2.26. The van der Waals surface area contributed by atoms with Gasteiger partial charge >= 0.3 is 0 Å². The average molecular weight is 502 g/mol. The summed E-state index contributed by atoms with van der Waals surface area (Å²) in [6.45, 7) is 0.395. The second-order valence-corrected chi connectivity index (χ2v) is 9.38. The zero-order chi connectivity index (χ0) is 25.2. The first-order valence-electron chi connectivity index (χ1n) is 10.4. The minimum Gasteiger partial charge on any atom is -0.383 e. The summed E-state index contributed by atoms with van der Waals surface area (Å²) in [6, 6.07) is 10.6. The molecule has 0 saturated heterocycles. The molecule has 182 valence electrons. The van der Waals surface area contributed by atoms with Crippen molar-refractivity contribution < 1.29 is 21.9 Å². The Morgan fingerprint density at radius 1 is 1.11 bits per heavy atom. The fourth-order valence-corrected chi connectivity index (χ4v) is 4.77. The number of anilines is 2. The predicted molar refractivity (Wildman–Crippen MR) is 128 cm³/mol. The van der Waals surface area contributed by atoms with E-state index in [-0.39, 0.29) is 41.5 Å². The maximum atomic E-state index is 14.9. The molecule has 35 heavy (non-hydrogen) atoms. The molecule has 0 amide bonds. The minimum atomic E-state index is -4.11. The van der Waals surface area contributed by atoms with E-state index in [4.69, 9.17) is 10.5 Å². The molecule has 0 bridgehead atoms. The molecule has 4 rings (SSSR count). The maximum absolute atomic E-state index is 14.9. The van der Waals surface area contributed by atoms with Gasteiger partial charge < -0.3 is 10.5 Å². The molecule has 0 radical (unpaired) electrons. The zero-order valence-corrected chi connectivity index (χ0v) is 19.4. The largest absolute Gasteiger partial charge is 0.383 e. The summed E-state index contributed by atoms with van der Waals surface area (Å²) in [4.78, 5) is 21.3. The van der Waals surface area contributed by atoms with Crippen molar-refractivity contribution in [3.05, 3.63) is 82.3 Å². The predicted octanol–water partition coefficient (Wildman–Crippen LogP) is 2.91. The summed E-state index contributed by atoms with van der Waals surface area (Å²) in [5.41, 5.74) is 5.51. The third kappa shape index (κ3) is 5.28. The molecule has 12 heteroatoms. The molecule has 0 fully saturated rings. The Bertz CT molecular complexity index is 1570. The smallest absolute Gasteiger partial charge is 0.260 e. The summed E-state index contributed by atoms with van der Waals surface area (Å²) >= 11 is 0. The highest BCUT2D eigenvalue weighted by Crippen LogP contribution is 2.26. The van der Waals surface area contributed by atoms with Gasteiger partial charge in [-0.15, -0.1) is 0 Å². The number of sulfonamides is 1. The highest BCUT2D eigenvalue weighted by molar-refractivity contribution is 7.91. The van der Waals surface area contributed by atoms with Crippen LogP contribution in [0.4, 0.5) is 20.4 Å². The quantitative estimate of drug-likeness (QED) is 0.380. The topological polar surface area (TPSA) is 129 Å². The number of aromatic nitrogens is 3. The maximum Gasteiger partial charge on any atom is 0.260 e. The first kappa shape index (κ1) is 24.2. The molecule has 2 aromatic heterocycles. The van der Waals surface area contributed by atoms with Crippen LogP contribution in [-0.4, -0.2) is 36.7 Å². The molecule has 0 unspecified atom stereocenters. The second-order valence-electron chi connectivity index (χ2n) is 7.66. The van der Waals surface area contributed by atoms with Crippen molar-refractivity contribution in [2.75, 3.05) is 24.2 Å². The van der Waals surface area contributed by atoms with Crippen molar-refractivity contribution in [3.8, 4) is 11.1 Å². The number of benzene rings is 2. The van der Waals surface area contributed by atoms with Crippen LogP contribution in [0, 0.1) is 11.6 Å². The number of hydrogen-bond acceptors (Lipinski definition) is 7. The molecule has 9 nitrogen and oxygen atoms in total. The van der Waals surface area contributed by atoms with Crippen molar-refractivity contribution in [3.63, 3.8) is 0 Å². The molecule has 0 aliphatic carbocycles. The van der Waals surface area contributed by atoms with Crippen LogP contribution in [0.15, 0.2) is 59.5 Å². The Balaban J connectivity index is 1.69. The fraction of sp³-hybridized carbons (Fsp3) is 0.174. The first-order chi connectivity index (χ1) is 16.7. The summed E-state index contributed by atoms with van der Waals surface area (Å²) in [7, 11) is -2.62. The molecule has 0 aliphatic heterocycles. The van der Waals surface area contributed by atoms with Gasteiger partial charge in [-0.1, -0.05) is 24.3 Å². The molecule has 0 aliphatic rings. The van der Waals surface area contributed by atoms with Gasteiger partial charge in [0.2, 0.25) is 16.0 Å². The van der Waals surface area contributed by atoms with E-state index < -0.39 is 33.0 Å². The molecule has 0 atom stereocenters. The van der Waals surface area contributed by atoms with Crippen LogP contribution in [0.1, 0.15) is 5.56 Å². The Morgan fingerprint density at radius 2 is 1.89 bits per heavy atom. The third-order valence-electron chi connectivity index (χ3n) is 5.21. The number of fused-ring (bicyclic) bond motifs is 1.